The molecule has 4 heteroatoms. The molecular formula is C24H40N2O2. The molecule has 0 amide bonds. The van der Waals surface area contributed by atoms with Crippen LogP contribution in [0.15, 0.2) is 6.07 Å². The standard InChI is InChI=1S/C24H40N2O2/c1-8-28-23(27)22-18(4)26-17(3)14-21(22)25-15-16(2)13-19-9-11-20(12-10-19)24(5,6)7/h14,16,19-20H,8-13,15H2,1-7H3,(H,25,26). The predicted molar refractivity (Wildman–Crippen MR) is 117 cm³/mol. The number of hydrogen-bond donors (Lipinski definition) is 1. The second-order valence-corrected chi connectivity index (χ2v) is 9.80. The lowest BCUT2D eigenvalue weighted by Gasteiger charge is -2.37. The number of nitrogens with zero attached hydrogens (tertiary/aromatic N) is 1. The molecule has 1 fully saturated rings. The molecule has 1 saturated carbocycles. The molecule has 1 aliphatic carbocycles. The SMILES string of the molecule is CCOC(=O)c1c(NCC(C)CC2CCC(C(C)(C)C)CC2)cc(C)nc1C. The van der Waals surface area contributed by atoms with Crippen molar-refractivity contribution in [1.29, 1.82) is 0 Å². The van der Waals surface area contributed by atoms with Crippen molar-refractivity contribution < 1.29 is 9.53 Å². The summed E-state index contributed by atoms with van der Waals surface area (Å²) in [7, 11) is 0. The Hall–Kier alpha value is -1.58. The fourth-order valence-corrected chi connectivity index (χ4v) is 4.63. The molecule has 0 aromatic carbocycles. The first-order valence-corrected chi connectivity index (χ1v) is 11.0. The summed E-state index contributed by atoms with van der Waals surface area (Å²) >= 11 is 0. The molecule has 1 atom stereocenters. The molecule has 158 valence electrons. The van der Waals surface area contributed by atoms with Crippen molar-refractivity contribution in [3.63, 3.8) is 0 Å². The monoisotopic (exact) mass is 388 g/mol. The van der Waals surface area contributed by atoms with E-state index in [1.807, 2.05) is 26.8 Å². The number of carbonyl (C=O) groups is 1. The largest absolute Gasteiger partial charge is 0.462 e. The molecule has 0 spiro atoms. The van der Waals surface area contributed by atoms with Crippen LogP contribution in [0.4, 0.5) is 5.69 Å². The van der Waals surface area contributed by atoms with Crippen LogP contribution in [-0.2, 0) is 4.74 Å². The first kappa shape index (κ1) is 22.7. The Bertz CT molecular complexity index is 655. The molecule has 1 aliphatic rings. The number of nitrogens with one attached hydrogen (secondary N) is 1. The smallest absolute Gasteiger partial charge is 0.342 e. The minimum absolute atomic E-state index is 0.289. The molecule has 1 unspecified atom stereocenters. The first-order chi connectivity index (χ1) is 13.1. The lowest BCUT2D eigenvalue weighted by atomic mass is 9.68. The van der Waals surface area contributed by atoms with Gasteiger partial charge in [-0.3, -0.25) is 4.98 Å². The second-order valence-electron chi connectivity index (χ2n) is 9.80. The normalized spacial score (nSPS) is 21.2. The van der Waals surface area contributed by atoms with E-state index in [4.69, 9.17) is 4.74 Å². The topological polar surface area (TPSA) is 51.2 Å². The highest BCUT2D eigenvalue weighted by Gasteiger charge is 2.30. The van der Waals surface area contributed by atoms with Gasteiger partial charge >= 0.3 is 5.97 Å². The van der Waals surface area contributed by atoms with E-state index in [2.05, 4.69) is 38.0 Å². The highest BCUT2D eigenvalue weighted by molar-refractivity contribution is 5.96. The van der Waals surface area contributed by atoms with Gasteiger partial charge in [0.2, 0.25) is 0 Å². The molecule has 1 heterocycles. The van der Waals surface area contributed by atoms with Crippen molar-refractivity contribution in [1.82, 2.24) is 4.98 Å². The average molecular weight is 389 g/mol. The predicted octanol–water partition coefficient (Wildman–Crippen LogP) is 6.17. The first-order valence-electron chi connectivity index (χ1n) is 11.0. The number of esters is 1. The summed E-state index contributed by atoms with van der Waals surface area (Å²) in [4.78, 5) is 16.8. The highest BCUT2D eigenvalue weighted by atomic mass is 16.5. The van der Waals surface area contributed by atoms with Gasteiger partial charge in [-0.15, -0.1) is 0 Å². The molecule has 28 heavy (non-hydrogen) atoms. The Morgan fingerprint density at radius 2 is 1.89 bits per heavy atom. The van der Waals surface area contributed by atoms with E-state index in [1.165, 1.54) is 32.1 Å². The summed E-state index contributed by atoms with van der Waals surface area (Å²) < 4.78 is 5.24. The summed E-state index contributed by atoms with van der Waals surface area (Å²) in [6.07, 6.45) is 6.69. The minimum Gasteiger partial charge on any atom is -0.462 e. The lowest BCUT2D eigenvalue weighted by molar-refractivity contribution is 0.0526. The molecule has 1 aromatic heterocycles. The quantitative estimate of drug-likeness (QED) is 0.568. The van der Waals surface area contributed by atoms with Crippen molar-refractivity contribution in [3.05, 3.63) is 23.0 Å². The maximum atomic E-state index is 12.4. The number of pyridine rings is 1. The van der Waals surface area contributed by atoms with Crippen molar-refractivity contribution in [2.24, 2.45) is 23.2 Å². The summed E-state index contributed by atoms with van der Waals surface area (Å²) in [5.74, 6) is 1.98. The van der Waals surface area contributed by atoms with Crippen LogP contribution in [0.3, 0.4) is 0 Å². The van der Waals surface area contributed by atoms with Gasteiger partial charge in [0.25, 0.3) is 0 Å². The molecule has 4 nitrogen and oxygen atoms in total. The summed E-state index contributed by atoms with van der Waals surface area (Å²) in [5, 5.41) is 3.52. The van der Waals surface area contributed by atoms with Crippen LogP contribution < -0.4 is 5.32 Å². The third kappa shape index (κ3) is 6.22. The molecule has 1 aromatic rings. The molecular weight excluding hydrogens is 348 g/mol. The van der Waals surface area contributed by atoms with Gasteiger partial charge in [0.15, 0.2) is 0 Å². The van der Waals surface area contributed by atoms with Gasteiger partial charge in [0.1, 0.15) is 5.56 Å². The molecule has 0 bridgehead atoms. The molecule has 2 rings (SSSR count). The van der Waals surface area contributed by atoms with Crippen molar-refractivity contribution in [3.8, 4) is 0 Å². The Labute approximate surface area is 171 Å². The summed E-state index contributed by atoms with van der Waals surface area (Å²) in [6, 6.07) is 1.96. The number of aromatic nitrogens is 1. The number of anilines is 1. The van der Waals surface area contributed by atoms with Crippen LogP contribution in [0.2, 0.25) is 0 Å². The Kier molecular flexibility index (Phi) is 7.91. The van der Waals surface area contributed by atoms with Crippen LogP contribution in [-0.4, -0.2) is 24.1 Å². The van der Waals surface area contributed by atoms with Crippen LogP contribution in [0.25, 0.3) is 0 Å². The van der Waals surface area contributed by atoms with Crippen molar-refractivity contribution >= 4 is 11.7 Å². The lowest BCUT2D eigenvalue weighted by Crippen LogP contribution is -2.27. The number of carbonyl (C=O) groups excluding carboxylic acids is 1. The third-order valence-corrected chi connectivity index (χ3v) is 6.26. The van der Waals surface area contributed by atoms with Gasteiger partial charge in [-0.25, -0.2) is 4.79 Å². The zero-order valence-corrected chi connectivity index (χ0v) is 19.0. The third-order valence-electron chi connectivity index (χ3n) is 6.26. The van der Waals surface area contributed by atoms with Crippen LogP contribution in [0, 0.1) is 37.0 Å². The van der Waals surface area contributed by atoms with Gasteiger partial charge in [-0.2, -0.15) is 0 Å². The maximum Gasteiger partial charge on any atom is 0.342 e. The van der Waals surface area contributed by atoms with Crippen LogP contribution in [0.5, 0.6) is 0 Å². The van der Waals surface area contributed by atoms with E-state index in [1.54, 1.807) is 0 Å². The fraction of sp³-hybridized carbons (Fsp3) is 0.750. The van der Waals surface area contributed by atoms with Gasteiger partial charge in [0, 0.05) is 12.2 Å². The van der Waals surface area contributed by atoms with Crippen LogP contribution in [0.1, 0.15) is 88.5 Å². The fourth-order valence-electron chi connectivity index (χ4n) is 4.63. The zero-order chi connectivity index (χ0) is 20.9. The molecule has 0 aliphatic heterocycles. The van der Waals surface area contributed by atoms with E-state index < -0.39 is 0 Å². The van der Waals surface area contributed by atoms with E-state index >= 15 is 0 Å². The van der Waals surface area contributed by atoms with Gasteiger partial charge in [0.05, 0.1) is 18.0 Å². The number of ether oxygens (including phenoxy) is 1. The van der Waals surface area contributed by atoms with E-state index in [0.717, 1.165) is 35.5 Å². The zero-order valence-electron chi connectivity index (χ0n) is 19.0. The van der Waals surface area contributed by atoms with Crippen molar-refractivity contribution in [2.45, 2.75) is 80.6 Å². The average Bonchev–Trinajstić information content (AvgIpc) is 2.59. The molecule has 0 radical (unpaired) electrons. The number of rotatable bonds is 7. The molecule has 0 saturated heterocycles. The number of aryl methyl sites for hydroxylation is 2. The Balaban J connectivity index is 1.93. The van der Waals surface area contributed by atoms with Gasteiger partial charge < -0.3 is 10.1 Å². The van der Waals surface area contributed by atoms with Gasteiger partial charge in [-0.05, 0) is 69.3 Å². The highest BCUT2D eigenvalue weighted by Crippen LogP contribution is 2.41. The van der Waals surface area contributed by atoms with Crippen molar-refractivity contribution in [2.75, 3.05) is 18.5 Å². The Morgan fingerprint density at radius 1 is 1.25 bits per heavy atom. The van der Waals surface area contributed by atoms with E-state index in [-0.39, 0.29) is 5.97 Å². The second kappa shape index (κ2) is 9.76. The number of hydrogen-bond acceptors (Lipinski definition) is 4. The summed E-state index contributed by atoms with van der Waals surface area (Å²) in [6.45, 7) is 16.4. The summed E-state index contributed by atoms with van der Waals surface area (Å²) in [5.41, 5.74) is 3.52. The van der Waals surface area contributed by atoms with E-state index in [9.17, 15) is 4.79 Å². The van der Waals surface area contributed by atoms with Gasteiger partial charge in [-0.1, -0.05) is 40.5 Å². The molecule has 1 N–H and O–H groups in total. The minimum atomic E-state index is -0.289. The van der Waals surface area contributed by atoms with E-state index in [0.29, 0.717) is 23.5 Å². The maximum absolute atomic E-state index is 12.4. The van der Waals surface area contributed by atoms with Crippen LogP contribution >= 0.6 is 0 Å². The Morgan fingerprint density at radius 3 is 2.46 bits per heavy atom.